The van der Waals surface area contributed by atoms with Gasteiger partial charge in [0.1, 0.15) is 0 Å². The van der Waals surface area contributed by atoms with Crippen LogP contribution in [0.5, 0.6) is 0 Å². The van der Waals surface area contributed by atoms with E-state index in [1.54, 1.807) is 0 Å². The predicted octanol–water partition coefficient (Wildman–Crippen LogP) is 0.114. The second kappa shape index (κ2) is 6.83. The third kappa shape index (κ3) is 4.92. The number of aliphatic carboxylic acids is 1. The smallest absolute Gasteiger partial charge is 0.304 e. The minimum atomic E-state index is -0.736. The zero-order chi connectivity index (χ0) is 12.0. The van der Waals surface area contributed by atoms with E-state index < -0.39 is 5.97 Å². The van der Waals surface area contributed by atoms with E-state index in [9.17, 15) is 4.79 Å². The maximum Gasteiger partial charge on any atom is 0.304 e. The fraction of sp³-hybridized carbons (Fsp3) is 0.909. The Balaban J connectivity index is 2.28. The second-order valence-corrected chi connectivity index (χ2v) is 4.29. The number of hydrogen-bond donors (Lipinski definition) is 1. The Kier molecular flexibility index (Phi) is 5.73. The number of likely N-dealkylation sites (N-methyl/N-ethyl adjacent to an activating group) is 2. The largest absolute Gasteiger partial charge is 0.481 e. The fourth-order valence-corrected chi connectivity index (χ4v) is 1.90. The predicted molar refractivity (Wildman–Crippen MR) is 61.6 cm³/mol. The van der Waals surface area contributed by atoms with Crippen LogP contribution in [0.3, 0.4) is 0 Å². The normalized spacial score (nSPS) is 22.6. The molecule has 0 spiro atoms. The first-order chi connectivity index (χ1) is 7.61. The number of ether oxygens (including phenoxy) is 1. The van der Waals surface area contributed by atoms with Crippen molar-refractivity contribution in [1.29, 1.82) is 0 Å². The number of hydrogen-bond acceptors (Lipinski definition) is 4. The minimum Gasteiger partial charge on any atom is -0.481 e. The van der Waals surface area contributed by atoms with Crippen molar-refractivity contribution in [2.24, 2.45) is 0 Å². The number of morpholine rings is 1. The van der Waals surface area contributed by atoms with Gasteiger partial charge in [-0.15, -0.1) is 0 Å². The lowest BCUT2D eigenvalue weighted by molar-refractivity contribution is -0.137. The van der Waals surface area contributed by atoms with E-state index in [4.69, 9.17) is 9.84 Å². The Bertz CT molecular complexity index is 223. The van der Waals surface area contributed by atoms with Crippen LogP contribution < -0.4 is 0 Å². The highest BCUT2D eigenvalue weighted by Crippen LogP contribution is 2.05. The van der Waals surface area contributed by atoms with Gasteiger partial charge in [0.05, 0.1) is 19.1 Å². The maximum absolute atomic E-state index is 10.5. The molecule has 0 radical (unpaired) electrons. The lowest BCUT2D eigenvalue weighted by atomic mass is 10.2. The summed E-state index contributed by atoms with van der Waals surface area (Å²) in [6.07, 6.45) is 0.420. The van der Waals surface area contributed by atoms with Crippen molar-refractivity contribution < 1.29 is 14.6 Å². The molecule has 1 heterocycles. The monoisotopic (exact) mass is 230 g/mol. The molecular formula is C11H22N2O3. The number of nitrogens with zero attached hydrogens (tertiary/aromatic N) is 2. The summed E-state index contributed by atoms with van der Waals surface area (Å²) in [5.74, 6) is -0.736. The van der Waals surface area contributed by atoms with Crippen molar-refractivity contribution in [2.45, 2.75) is 19.4 Å². The van der Waals surface area contributed by atoms with E-state index in [1.807, 2.05) is 6.92 Å². The van der Waals surface area contributed by atoms with Crippen molar-refractivity contribution in [3.8, 4) is 0 Å². The Morgan fingerprint density at radius 2 is 2.38 bits per heavy atom. The Morgan fingerprint density at radius 1 is 1.62 bits per heavy atom. The van der Waals surface area contributed by atoms with Crippen LogP contribution in [0.2, 0.25) is 0 Å². The van der Waals surface area contributed by atoms with Crippen LogP contribution in [0, 0.1) is 0 Å². The van der Waals surface area contributed by atoms with Gasteiger partial charge in [-0.2, -0.15) is 0 Å². The summed E-state index contributed by atoms with van der Waals surface area (Å²) in [5.41, 5.74) is 0. The van der Waals surface area contributed by atoms with Crippen molar-refractivity contribution in [2.75, 3.05) is 46.4 Å². The first kappa shape index (κ1) is 13.4. The molecule has 1 saturated heterocycles. The molecule has 0 bridgehead atoms. The topological polar surface area (TPSA) is 53.0 Å². The number of carboxylic acid groups (broad SMARTS) is 1. The highest BCUT2D eigenvalue weighted by Gasteiger charge is 2.20. The summed E-state index contributed by atoms with van der Waals surface area (Å²) in [5, 5.41) is 8.64. The molecule has 5 heteroatoms. The molecule has 1 rings (SSSR count). The molecule has 0 amide bonds. The number of rotatable bonds is 6. The quantitative estimate of drug-likeness (QED) is 0.702. The second-order valence-electron chi connectivity index (χ2n) is 4.29. The van der Waals surface area contributed by atoms with E-state index in [1.165, 1.54) is 0 Å². The van der Waals surface area contributed by atoms with Crippen LogP contribution in [0.4, 0.5) is 0 Å². The average molecular weight is 230 g/mol. The summed E-state index contributed by atoms with van der Waals surface area (Å²) >= 11 is 0. The molecule has 1 fully saturated rings. The molecule has 0 aromatic heterocycles. The molecule has 16 heavy (non-hydrogen) atoms. The van der Waals surface area contributed by atoms with Gasteiger partial charge in [-0.3, -0.25) is 4.79 Å². The zero-order valence-corrected chi connectivity index (χ0v) is 10.2. The van der Waals surface area contributed by atoms with Crippen molar-refractivity contribution >= 4 is 5.97 Å². The van der Waals surface area contributed by atoms with Gasteiger partial charge in [0, 0.05) is 26.2 Å². The molecule has 5 nitrogen and oxygen atoms in total. The summed E-state index contributed by atoms with van der Waals surface area (Å²) in [6, 6.07) is 0. The Morgan fingerprint density at radius 3 is 2.94 bits per heavy atom. The van der Waals surface area contributed by atoms with Gasteiger partial charge in [-0.25, -0.2) is 0 Å². The first-order valence-corrected chi connectivity index (χ1v) is 5.86. The molecule has 0 saturated carbocycles. The molecule has 0 aromatic rings. The van der Waals surface area contributed by atoms with Gasteiger partial charge >= 0.3 is 5.97 Å². The van der Waals surface area contributed by atoms with E-state index in [-0.39, 0.29) is 12.5 Å². The molecule has 1 N–H and O–H groups in total. The summed E-state index contributed by atoms with van der Waals surface area (Å²) in [6.45, 7) is 7.05. The molecule has 1 unspecified atom stereocenters. The maximum atomic E-state index is 10.5. The Labute approximate surface area is 97.0 Å². The van der Waals surface area contributed by atoms with Crippen LogP contribution in [-0.2, 0) is 9.53 Å². The SMILES string of the molecule is CCN(CCC(=O)O)CC1CN(C)CCO1. The van der Waals surface area contributed by atoms with Gasteiger partial charge in [-0.1, -0.05) is 6.92 Å². The highest BCUT2D eigenvalue weighted by atomic mass is 16.5. The molecule has 0 aromatic carbocycles. The molecule has 94 valence electrons. The number of carboxylic acids is 1. The van der Waals surface area contributed by atoms with E-state index in [0.717, 1.165) is 32.8 Å². The van der Waals surface area contributed by atoms with Crippen LogP contribution >= 0.6 is 0 Å². The van der Waals surface area contributed by atoms with E-state index in [2.05, 4.69) is 16.8 Å². The third-order valence-corrected chi connectivity index (χ3v) is 2.89. The van der Waals surface area contributed by atoms with Gasteiger partial charge in [0.2, 0.25) is 0 Å². The standard InChI is InChI=1S/C11H22N2O3/c1-3-13(5-4-11(14)15)9-10-8-12(2)6-7-16-10/h10H,3-9H2,1-2H3,(H,14,15). The Hall–Kier alpha value is -0.650. The minimum absolute atomic E-state index is 0.205. The first-order valence-electron chi connectivity index (χ1n) is 5.86. The van der Waals surface area contributed by atoms with Crippen LogP contribution in [0.15, 0.2) is 0 Å². The van der Waals surface area contributed by atoms with Crippen molar-refractivity contribution in [3.63, 3.8) is 0 Å². The molecule has 1 aliphatic rings. The van der Waals surface area contributed by atoms with Crippen LogP contribution in [0.25, 0.3) is 0 Å². The van der Waals surface area contributed by atoms with E-state index in [0.29, 0.717) is 6.54 Å². The third-order valence-electron chi connectivity index (χ3n) is 2.89. The summed E-state index contributed by atoms with van der Waals surface area (Å²) in [7, 11) is 2.09. The van der Waals surface area contributed by atoms with Gasteiger partial charge in [-0.05, 0) is 13.6 Å². The summed E-state index contributed by atoms with van der Waals surface area (Å²) in [4.78, 5) is 14.9. The molecule has 0 aliphatic carbocycles. The molecule has 1 aliphatic heterocycles. The highest BCUT2D eigenvalue weighted by molar-refractivity contribution is 5.66. The average Bonchev–Trinajstić information content (AvgIpc) is 2.24. The van der Waals surface area contributed by atoms with Crippen LogP contribution in [-0.4, -0.2) is 73.4 Å². The number of carbonyl (C=O) groups is 1. The van der Waals surface area contributed by atoms with Gasteiger partial charge < -0.3 is 19.6 Å². The summed E-state index contributed by atoms with van der Waals surface area (Å²) < 4.78 is 5.66. The zero-order valence-electron chi connectivity index (χ0n) is 10.2. The molecule has 1 atom stereocenters. The van der Waals surface area contributed by atoms with E-state index >= 15 is 0 Å². The van der Waals surface area contributed by atoms with Crippen LogP contribution in [0.1, 0.15) is 13.3 Å². The fourth-order valence-electron chi connectivity index (χ4n) is 1.90. The van der Waals surface area contributed by atoms with Crippen molar-refractivity contribution in [3.05, 3.63) is 0 Å². The van der Waals surface area contributed by atoms with Gasteiger partial charge in [0.25, 0.3) is 0 Å². The van der Waals surface area contributed by atoms with Crippen molar-refractivity contribution in [1.82, 2.24) is 9.80 Å². The lowest BCUT2D eigenvalue weighted by Crippen LogP contribution is -2.46. The molecular weight excluding hydrogens is 208 g/mol. The lowest BCUT2D eigenvalue weighted by Gasteiger charge is -2.33. The van der Waals surface area contributed by atoms with Gasteiger partial charge in [0.15, 0.2) is 0 Å².